The van der Waals surface area contributed by atoms with Crippen LogP contribution in [-0.2, 0) is 0 Å². The van der Waals surface area contributed by atoms with E-state index in [0.717, 1.165) is 6.42 Å². The maximum atomic E-state index is 9.14. The number of nitrogens with two attached hydrogens (primary N) is 1. The first-order valence-electron chi connectivity index (χ1n) is 2.72. The molecule has 1 aliphatic carbocycles. The summed E-state index contributed by atoms with van der Waals surface area (Å²) in [4.78, 5) is 0. The van der Waals surface area contributed by atoms with Gasteiger partial charge >= 0.3 is 0 Å². The molecule has 0 unspecified atom stereocenters. The van der Waals surface area contributed by atoms with E-state index in [2.05, 4.69) is 0 Å². The third-order valence-electron chi connectivity index (χ3n) is 1.68. The fourth-order valence-electron chi connectivity index (χ4n) is 0.781. The highest BCUT2D eigenvalue weighted by Gasteiger charge is 2.37. The molecule has 0 spiro atoms. The van der Waals surface area contributed by atoms with Crippen LogP contribution in [0.4, 0.5) is 0 Å². The Morgan fingerprint density at radius 1 is 1.62 bits per heavy atom. The smallest absolute Gasteiger partial charge is 0.123 e. The molecule has 1 rings (SSSR count). The standard InChI is InChI=1S/C5H10N2O/c6-4(7)5(8)2-1-3-5/h8H,1-3H2,(H3,6,7). The Balaban J connectivity index is 2.53. The minimum absolute atomic E-state index is 0.0799. The van der Waals surface area contributed by atoms with E-state index in [1.165, 1.54) is 0 Å². The van der Waals surface area contributed by atoms with Crippen LogP contribution in [0.25, 0.3) is 0 Å². The molecule has 1 aliphatic rings. The van der Waals surface area contributed by atoms with Crippen LogP contribution in [0, 0.1) is 5.41 Å². The van der Waals surface area contributed by atoms with Crippen molar-refractivity contribution in [1.82, 2.24) is 0 Å². The van der Waals surface area contributed by atoms with Gasteiger partial charge in [0, 0.05) is 0 Å². The average Bonchev–Trinajstić information content (AvgIpc) is 1.60. The molecule has 0 bridgehead atoms. The van der Waals surface area contributed by atoms with Crippen molar-refractivity contribution < 1.29 is 5.11 Å². The van der Waals surface area contributed by atoms with Gasteiger partial charge in [-0.3, -0.25) is 5.41 Å². The van der Waals surface area contributed by atoms with Gasteiger partial charge in [0.2, 0.25) is 0 Å². The Hall–Kier alpha value is -0.570. The highest BCUT2D eigenvalue weighted by Crippen LogP contribution is 2.30. The molecule has 3 heteroatoms. The topological polar surface area (TPSA) is 70.1 Å². The largest absolute Gasteiger partial charge is 0.385 e. The first-order valence-corrected chi connectivity index (χ1v) is 2.72. The van der Waals surface area contributed by atoms with E-state index < -0.39 is 5.60 Å². The first-order chi connectivity index (χ1) is 3.65. The minimum Gasteiger partial charge on any atom is -0.385 e. The van der Waals surface area contributed by atoms with Gasteiger partial charge in [-0.15, -0.1) is 0 Å². The molecule has 0 heterocycles. The van der Waals surface area contributed by atoms with Gasteiger partial charge in [0.05, 0.1) is 0 Å². The Morgan fingerprint density at radius 3 is 2.12 bits per heavy atom. The van der Waals surface area contributed by atoms with Crippen molar-refractivity contribution in [3.8, 4) is 0 Å². The Bertz CT molecular complexity index is 118. The summed E-state index contributed by atoms with van der Waals surface area (Å²) in [6.45, 7) is 0. The normalized spacial score (nSPS) is 24.1. The molecule has 4 N–H and O–H groups in total. The van der Waals surface area contributed by atoms with Gasteiger partial charge < -0.3 is 10.8 Å². The molecular weight excluding hydrogens is 104 g/mol. The Labute approximate surface area is 48.0 Å². The molecule has 0 radical (unpaired) electrons. The minimum atomic E-state index is -0.917. The Morgan fingerprint density at radius 2 is 2.12 bits per heavy atom. The van der Waals surface area contributed by atoms with Gasteiger partial charge in [-0.25, -0.2) is 0 Å². The molecule has 0 aromatic rings. The molecule has 46 valence electrons. The van der Waals surface area contributed by atoms with Gasteiger partial charge in [-0.2, -0.15) is 0 Å². The zero-order chi connectivity index (χ0) is 6.20. The lowest BCUT2D eigenvalue weighted by Crippen LogP contribution is -2.48. The summed E-state index contributed by atoms with van der Waals surface area (Å²) in [6.07, 6.45) is 2.33. The van der Waals surface area contributed by atoms with E-state index in [-0.39, 0.29) is 5.84 Å². The highest BCUT2D eigenvalue weighted by atomic mass is 16.3. The fraction of sp³-hybridized carbons (Fsp3) is 0.800. The van der Waals surface area contributed by atoms with Crippen LogP contribution in [0.2, 0.25) is 0 Å². The zero-order valence-electron chi connectivity index (χ0n) is 4.65. The van der Waals surface area contributed by atoms with Crippen molar-refractivity contribution in [2.45, 2.75) is 24.9 Å². The highest BCUT2D eigenvalue weighted by molar-refractivity contribution is 5.86. The number of nitrogens with one attached hydrogen (secondary N) is 1. The molecule has 0 aromatic heterocycles. The lowest BCUT2D eigenvalue weighted by molar-refractivity contribution is 0.0321. The molecule has 0 saturated heterocycles. The molecule has 0 aliphatic heterocycles. The van der Waals surface area contributed by atoms with Crippen molar-refractivity contribution >= 4 is 5.84 Å². The van der Waals surface area contributed by atoms with Crippen LogP contribution < -0.4 is 5.73 Å². The fourth-order valence-corrected chi connectivity index (χ4v) is 0.781. The quantitative estimate of drug-likeness (QED) is 0.327. The van der Waals surface area contributed by atoms with Gasteiger partial charge in [0.1, 0.15) is 11.4 Å². The number of hydrogen-bond donors (Lipinski definition) is 3. The van der Waals surface area contributed by atoms with Crippen LogP contribution in [0.15, 0.2) is 0 Å². The SMILES string of the molecule is N=C(N)C1(O)CCC1. The summed E-state index contributed by atoms with van der Waals surface area (Å²) >= 11 is 0. The number of rotatable bonds is 1. The van der Waals surface area contributed by atoms with Gasteiger partial charge in [-0.1, -0.05) is 0 Å². The van der Waals surface area contributed by atoms with Crippen LogP contribution >= 0.6 is 0 Å². The summed E-state index contributed by atoms with van der Waals surface area (Å²) in [7, 11) is 0. The summed E-state index contributed by atoms with van der Waals surface area (Å²) in [5.74, 6) is -0.0799. The van der Waals surface area contributed by atoms with E-state index >= 15 is 0 Å². The maximum absolute atomic E-state index is 9.14. The van der Waals surface area contributed by atoms with Crippen molar-refractivity contribution in [2.75, 3.05) is 0 Å². The van der Waals surface area contributed by atoms with Crippen molar-refractivity contribution in [2.24, 2.45) is 5.73 Å². The molecule has 1 saturated carbocycles. The summed E-state index contributed by atoms with van der Waals surface area (Å²) in [6, 6.07) is 0. The van der Waals surface area contributed by atoms with Gasteiger partial charge in [-0.05, 0) is 19.3 Å². The molecule has 0 aromatic carbocycles. The van der Waals surface area contributed by atoms with E-state index in [9.17, 15) is 0 Å². The van der Waals surface area contributed by atoms with Crippen LogP contribution in [-0.4, -0.2) is 16.5 Å². The number of aliphatic hydroxyl groups is 1. The van der Waals surface area contributed by atoms with Crippen molar-refractivity contribution in [3.63, 3.8) is 0 Å². The second-order valence-corrected chi connectivity index (χ2v) is 2.30. The monoisotopic (exact) mass is 114 g/mol. The van der Waals surface area contributed by atoms with E-state index in [0.29, 0.717) is 12.8 Å². The van der Waals surface area contributed by atoms with Crippen LogP contribution in [0.1, 0.15) is 19.3 Å². The van der Waals surface area contributed by atoms with Gasteiger partial charge in [0.15, 0.2) is 0 Å². The predicted octanol–water partition coefficient (Wildman–Crippen LogP) is -0.163. The summed E-state index contributed by atoms with van der Waals surface area (Å²) in [5, 5.41) is 16.0. The molecular formula is C5H10N2O. The third-order valence-corrected chi connectivity index (χ3v) is 1.68. The first kappa shape index (κ1) is 5.56. The van der Waals surface area contributed by atoms with E-state index in [4.69, 9.17) is 16.2 Å². The lowest BCUT2D eigenvalue weighted by atomic mass is 9.79. The second-order valence-electron chi connectivity index (χ2n) is 2.30. The Kier molecular flexibility index (Phi) is 1.01. The molecule has 8 heavy (non-hydrogen) atoms. The zero-order valence-corrected chi connectivity index (χ0v) is 4.65. The molecule has 0 atom stereocenters. The van der Waals surface area contributed by atoms with Crippen LogP contribution in [0.5, 0.6) is 0 Å². The van der Waals surface area contributed by atoms with Crippen molar-refractivity contribution in [3.05, 3.63) is 0 Å². The van der Waals surface area contributed by atoms with Crippen molar-refractivity contribution in [1.29, 1.82) is 5.41 Å². The lowest BCUT2D eigenvalue weighted by Gasteiger charge is -2.34. The molecule has 0 amide bonds. The third kappa shape index (κ3) is 0.591. The van der Waals surface area contributed by atoms with E-state index in [1.807, 2.05) is 0 Å². The number of amidine groups is 1. The number of hydrogen-bond acceptors (Lipinski definition) is 2. The van der Waals surface area contributed by atoms with E-state index in [1.54, 1.807) is 0 Å². The summed E-state index contributed by atoms with van der Waals surface area (Å²) in [5.41, 5.74) is 4.15. The predicted molar refractivity (Wildman–Crippen MR) is 30.7 cm³/mol. The molecule has 3 nitrogen and oxygen atoms in total. The average molecular weight is 114 g/mol. The molecule has 1 fully saturated rings. The summed E-state index contributed by atoms with van der Waals surface area (Å²) < 4.78 is 0. The van der Waals surface area contributed by atoms with Gasteiger partial charge in [0.25, 0.3) is 0 Å². The second kappa shape index (κ2) is 1.45. The van der Waals surface area contributed by atoms with Crippen LogP contribution in [0.3, 0.4) is 0 Å². The maximum Gasteiger partial charge on any atom is 0.123 e.